The lowest BCUT2D eigenvalue weighted by molar-refractivity contribution is -0.154. The number of rotatable bonds is 5. The molecule has 4 heteroatoms. The lowest BCUT2D eigenvalue weighted by Crippen LogP contribution is -2.50. The van der Waals surface area contributed by atoms with Gasteiger partial charge < -0.3 is 9.64 Å². The maximum Gasteiger partial charge on any atom is 0.254 e. The summed E-state index contributed by atoms with van der Waals surface area (Å²) in [5.74, 6) is 0.163. The van der Waals surface area contributed by atoms with Crippen LogP contribution in [-0.2, 0) is 14.3 Å². The third-order valence-electron chi connectivity index (χ3n) is 3.74. The molecule has 1 amide bonds. The van der Waals surface area contributed by atoms with Gasteiger partial charge in [-0.05, 0) is 33.1 Å². The molecule has 0 aromatic rings. The second kappa shape index (κ2) is 5.63. The van der Waals surface area contributed by atoms with E-state index in [1.807, 2.05) is 18.7 Å². The van der Waals surface area contributed by atoms with Crippen molar-refractivity contribution in [3.63, 3.8) is 0 Å². The summed E-state index contributed by atoms with van der Waals surface area (Å²) in [6, 6.07) is 0.0704. The van der Waals surface area contributed by atoms with Crippen LogP contribution < -0.4 is 0 Å². The molecule has 1 saturated heterocycles. The second-order valence-electron chi connectivity index (χ2n) is 4.99. The minimum Gasteiger partial charge on any atom is -0.369 e. The maximum atomic E-state index is 12.4. The van der Waals surface area contributed by atoms with Crippen molar-refractivity contribution in [2.75, 3.05) is 13.7 Å². The van der Waals surface area contributed by atoms with Gasteiger partial charge in [0.15, 0.2) is 0 Å². The second-order valence-corrected chi connectivity index (χ2v) is 4.99. The third kappa shape index (κ3) is 3.06. The maximum absolute atomic E-state index is 12.4. The lowest BCUT2D eigenvalue weighted by Gasteiger charge is -2.33. The van der Waals surface area contributed by atoms with Crippen LogP contribution in [0.4, 0.5) is 0 Å². The number of carbonyl (C=O) groups excluding carboxylic acids is 2. The first-order valence-corrected chi connectivity index (χ1v) is 6.30. The van der Waals surface area contributed by atoms with E-state index in [-0.39, 0.29) is 17.7 Å². The largest absolute Gasteiger partial charge is 0.369 e. The van der Waals surface area contributed by atoms with Gasteiger partial charge in [-0.3, -0.25) is 9.59 Å². The smallest absolute Gasteiger partial charge is 0.254 e. The molecule has 0 bridgehead atoms. The zero-order valence-corrected chi connectivity index (χ0v) is 11.3. The highest BCUT2D eigenvalue weighted by Gasteiger charge is 2.40. The van der Waals surface area contributed by atoms with Gasteiger partial charge in [0.05, 0.1) is 0 Å². The molecule has 4 nitrogen and oxygen atoms in total. The summed E-state index contributed by atoms with van der Waals surface area (Å²) < 4.78 is 5.34. The van der Waals surface area contributed by atoms with E-state index in [1.54, 1.807) is 14.0 Å². The first-order chi connectivity index (χ1) is 7.94. The van der Waals surface area contributed by atoms with Crippen molar-refractivity contribution in [2.24, 2.45) is 0 Å². The van der Waals surface area contributed by atoms with Crippen LogP contribution in [-0.4, -0.2) is 41.9 Å². The standard InChI is InChI=1S/C13H23NO3/c1-5-13(3,17-4)12(16)14-8-6-7-11(14)9-10(2)15/h11H,5-9H2,1-4H3. The van der Waals surface area contributed by atoms with Crippen molar-refractivity contribution >= 4 is 11.7 Å². The van der Waals surface area contributed by atoms with E-state index in [0.717, 1.165) is 19.4 Å². The zero-order valence-electron chi connectivity index (χ0n) is 11.3. The Kier molecular flexibility index (Phi) is 4.69. The molecule has 1 rings (SSSR count). The Bertz CT molecular complexity index is 297. The van der Waals surface area contributed by atoms with Gasteiger partial charge in [-0.1, -0.05) is 6.92 Å². The summed E-state index contributed by atoms with van der Waals surface area (Å²) in [6.07, 6.45) is 3.02. The monoisotopic (exact) mass is 241 g/mol. The zero-order chi connectivity index (χ0) is 13.1. The van der Waals surface area contributed by atoms with Crippen molar-refractivity contribution in [1.29, 1.82) is 0 Å². The third-order valence-corrected chi connectivity index (χ3v) is 3.74. The molecule has 0 aliphatic carbocycles. The molecule has 0 aromatic heterocycles. The molecule has 98 valence electrons. The summed E-state index contributed by atoms with van der Waals surface area (Å²) in [5.41, 5.74) is -0.751. The lowest BCUT2D eigenvalue weighted by atomic mass is 10.00. The van der Waals surface area contributed by atoms with Gasteiger partial charge in [0.25, 0.3) is 5.91 Å². The molecule has 0 spiro atoms. The van der Waals surface area contributed by atoms with Gasteiger partial charge in [0.1, 0.15) is 11.4 Å². The molecule has 0 radical (unpaired) electrons. The molecule has 2 atom stereocenters. The van der Waals surface area contributed by atoms with E-state index in [4.69, 9.17) is 4.74 Å². The van der Waals surface area contributed by atoms with E-state index < -0.39 is 5.60 Å². The molecule has 1 aliphatic rings. The Hall–Kier alpha value is -0.900. The van der Waals surface area contributed by atoms with Gasteiger partial charge in [0.2, 0.25) is 0 Å². The van der Waals surface area contributed by atoms with E-state index in [2.05, 4.69) is 0 Å². The highest BCUT2D eigenvalue weighted by atomic mass is 16.5. The molecule has 1 heterocycles. The Morgan fingerprint density at radius 2 is 2.12 bits per heavy atom. The van der Waals surface area contributed by atoms with Gasteiger partial charge in [-0.2, -0.15) is 0 Å². The molecule has 17 heavy (non-hydrogen) atoms. The first-order valence-electron chi connectivity index (χ1n) is 6.30. The fourth-order valence-electron chi connectivity index (χ4n) is 2.33. The van der Waals surface area contributed by atoms with Crippen LogP contribution in [0.2, 0.25) is 0 Å². The number of Topliss-reactive ketones (excluding diaryl/α,β-unsaturated/α-hetero) is 1. The highest BCUT2D eigenvalue weighted by molar-refractivity contribution is 5.86. The number of ketones is 1. The average Bonchev–Trinajstić information content (AvgIpc) is 2.74. The molecule has 2 unspecified atom stereocenters. The van der Waals surface area contributed by atoms with Crippen molar-refractivity contribution in [2.45, 2.75) is 58.1 Å². The van der Waals surface area contributed by atoms with Crippen LogP contribution in [0.1, 0.15) is 46.5 Å². The molecule has 0 N–H and O–H groups in total. The number of nitrogens with zero attached hydrogens (tertiary/aromatic N) is 1. The highest BCUT2D eigenvalue weighted by Crippen LogP contribution is 2.26. The summed E-state index contributed by atoms with van der Waals surface area (Å²) in [7, 11) is 1.57. The van der Waals surface area contributed by atoms with Crippen molar-refractivity contribution < 1.29 is 14.3 Å². The van der Waals surface area contributed by atoms with Crippen LogP contribution >= 0.6 is 0 Å². The van der Waals surface area contributed by atoms with Crippen molar-refractivity contribution in [1.82, 2.24) is 4.90 Å². The van der Waals surface area contributed by atoms with Crippen molar-refractivity contribution in [3.8, 4) is 0 Å². The van der Waals surface area contributed by atoms with Crippen LogP contribution in [0.5, 0.6) is 0 Å². The topological polar surface area (TPSA) is 46.6 Å². The molecule has 0 aromatic carbocycles. The molecule has 1 fully saturated rings. The number of methoxy groups -OCH3 is 1. The predicted molar refractivity (Wildman–Crippen MR) is 65.7 cm³/mol. The van der Waals surface area contributed by atoms with Crippen molar-refractivity contribution in [3.05, 3.63) is 0 Å². The van der Waals surface area contributed by atoms with Crippen LogP contribution in [0.15, 0.2) is 0 Å². The number of hydrogen-bond acceptors (Lipinski definition) is 3. The van der Waals surface area contributed by atoms with Crippen LogP contribution in [0.25, 0.3) is 0 Å². The predicted octanol–water partition coefficient (Wildman–Crippen LogP) is 1.77. The van der Waals surface area contributed by atoms with Crippen LogP contribution in [0, 0.1) is 0 Å². The fourth-order valence-corrected chi connectivity index (χ4v) is 2.33. The minimum absolute atomic E-state index is 0.0197. The first kappa shape index (κ1) is 14.2. The Labute approximate surface area is 103 Å². The number of likely N-dealkylation sites (tertiary alicyclic amines) is 1. The van der Waals surface area contributed by atoms with E-state index >= 15 is 0 Å². The molecule has 0 saturated carbocycles. The normalized spacial score (nSPS) is 23.5. The van der Waals surface area contributed by atoms with Gasteiger partial charge in [-0.25, -0.2) is 0 Å². The van der Waals surface area contributed by atoms with E-state index in [0.29, 0.717) is 12.8 Å². The number of amides is 1. The molecular weight excluding hydrogens is 218 g/mol. The Balaban J connectivity index is 2.77. The SMILES string of the molecule is CCC(C)(OC)C(=O)N1CCCC1CC(C)=O. The summed E-state index contributed by atoms with van der Waals surface area (Å²) >= 11 is 0. The molecular formula is C13H23NO3. The summed E-state index contributed by atoms with van der Waals surface area (Å²) in [6.45, 7) is 6.09. The number of carbonyl (C=O) groups is 2. The van der Waals surface area contributed by atoms with E-state index in [9.17, 15) is 9.59 Å². The number of ether oxygens (including phenoxy) is 1. The Morgan fingerprint density at radius 3 is 2.59 bits per heavy atom. The fraction of sp³-hybridized carbons (Fsp3) is 0.846. The van der Waals surface area contributed by atoms with Gasteiger partial charge in [-0.15, -0.1) is 0 Å². The van der Waals surface area contributed by atoms with E-state index in [1.165, 1.54) is 0 Å². The summed E-state index contributed by atoms with van der Waals surface area (Å²) in [4.78, 5) is 25.4. The number of hydrogen-bond donors (Lipinski definition) is 0. The molecule has 1 aliphatic heterocycles. The van der Waals surface area contributed by atoms with Gasteiger partial charge in [0, 0.05) is 26.1 Å². The quantitative estimate of drug-likeness (QED) is 0.737. The minimum atomic E-state index is -0.751. The Morgan fingerprint density at radius 1 is 1.47 bits per heavy atom. The summed E-state index contributed by atoms with van der Waals surface area (Å²) in [5, 5.41) is 0. The van der Waals surface area contributed by atoms with Gasteiger partial charge >= 0.3 is 0 Å². The van der Waals surface area contributed by atoms with Crippen LogP contribution in [0.3, 0.4) is 0 Å². The average molecular weight is 241 g/mol.